The third-order valence-electron chi connectivity index (χ3n) is 2.89. The van der Waals surface area contributed by atoms with Crippen molar-refractivity contribution in [1.29, 1.82) is 0 Å². The molecule has 0 aliphatic heterocycles. The first kappa shape index (κ1) is 13.0. The van der Waals surface area contributed by atoms with Crippen molar-refractivity contribution >= 4 is 39.9 Å². The zero-order valence-corrected chi connectivity index (χ0v) is 11.7. The number of nitrogens with zero attached hydrogens (tertiary/aromatic N) is 2. The predicted octanol–water partition coefficient (Wildman–Crippen LogP) is 4.17. The van der Waals surface area contributed by atoms with Gasteiger partial charge in [0.25, 0.3) is 0 Å². The number of carbonyl (C=O) groups excluding carboxylic acids is 1. The molecule has 0 fully saturated rings. The molecule has 0 spiro atoms. The van der Waals surface area contributed by atoms with E-state index in [1.807, 2.05) is 12.1 Å². The minimum Gasteiger partial charge on any atom is -0.287 e. The van der Waals surface area contributed by atoms with Crippen LogP contribution in [0.1, 0.15) is 16.1 Å². The average molecular weight is 303 g/mol. The highest BCUT2D eigenvalue weighted by Gasteiger charge is 2.15. The molecule has 2 heterocycles. The number of pyridine rings is 2. The van der Waals surface area contributed by atoms with Gasteiger partial charge in [0.15, 0.2) is 0 Å². The van der Waals surface area contributed by atoms with Crippen molar-refractivity contribution in [3.63, 3.8) is 0 Å². The van der Waals surface area contributed by atoms with Crippen molar-refractivity contribution in [2.24, 2.45) is 0 Å². The van der Waals surface area contributed by atoms with Gasteiger partial charge in [-0.05, 0) is 30.3 Å². The van der Waals surface area contributed by atoms with Gasteiger partial charge in [0.05, 0.1) is 15.6 Å². The van der Waals surface area contributed by atoms with Gasteiger partial charge in [-0.2, -0.15) is 0 Å². The Kier molecular flexibility index (Phi) is 3.38. The van der Waals surface area contributed by atoms with Gasteiger partial charge in [-0.15, -0.1) is 0 Å². The van der Waals surface area contributed by atoms with Crippen LogP contribution in [-0.4, -0.2) is 15.8 Å². The Morgan fingerprint density at radius 1 is 1.05 bits per heavy atom. The molecule has 0 saturated heterocycles. The van der Waals surface area contributed by atoms with E-state index in [1.54, 1.807) is 24.4 Å². The Morgan fingerprint density at radius 2 is 1.90 bits per heavy atom. The summed E-state index contributed by atoms with van der Waals surface area (Å²) in [6.45, 7) is 0. The standard InChI is InChI=1S/C15H8Cl2N2O/c16-11-7-12(17)14(19-8-11)15(20)10-3-4-13-9(6-10)2-1-5-18-13/h1-8H. The Labute approximate surface area is 125 Å². The SMILES string of the molecule is O=C(c1ccc2ncccc2c1)c1ncc(Cl)cc1Cl. The Balaban J connectivity index is 2.08. The van der Waals surface area contributed by atoms with Crippen LogP contribution in [0.25, 0.3) is 10.9 Å². The average Bonchev–Trinajstić information content (AvgIpc) is 2.46. The summed E-state index contributed by atoms with van der Waals surface area (Å²) in [6, 6.07) is 10.5. The monoisotopic (exact) mass is 302 g/mol. The van der Waals surface area contributed by atoms with Crippen LogP contribution in [0, 0.1) is 0 Å². The molecule has 0 aliphatic carbocycles. The Hall–Kier alpha value is -1.97. The van der Waals surface area contributed by atoms with Gasteiger partial charge in [-0.1, -0.05) is 29.3 Å². The fraction of sp³-hybridized carbons (Fsp3) is 0. The summed E-state index contributed by atoms with van der Waals surface area (Å²) in [7, 11) is 0. The first-order valence-electron chi connectivity index (χ1n) is 5.86. The van der Waals surface area contributed by atoms with Crippen LogP contribution in [0.5, 0.6) is 0 Å². The Bertz CT molecular complexity index is 818. The Morgan fingerprint density at radius 3 is 2.70 bits per heavy atom. The minimum absolute atomic E-state index is 0.194. The highest BCUT2D eigenvalue weighted by molar-refractivity contribution is 6.37. The highest BCUT2D eigenvalue weighted by atomic mass is 35.5. The van der Waals surface area contributed by atoms with Gasteiger partial charge < -0.3 is 0 Å². The van der Waals surface area contributed by atoms with Crippen LogP contribution in [0.15, 0.2) is 48.8 Å². The van der Waals surface area contributed by atoms with E-state index in [4.69, 9.17) is 23.2 Å². The molecule has 0 bridgehead atoms. The number of ketones is 1. The molecule has 3 nitrogen and oxygen atoms in total. The van der Waals surface area contributed by atoms with E-state index in [1.165, 1.54) is 12.3 Å². The third-order valence-corrected chi connectivity index (χ3v) is 3.38. The molecule has 2 aromatic heterocycles. The molecule has 3 rings (SSSR count). The molecule has 1 aromatic carbocycles. The quantitative estimate of drug-likeness (QED) is 0.667. The van der Waals surface area contributed by atoms with Gasteiger partial charge in [-0.3, -0.25) is 9.78 Å². The lowest BCUT2D eigenvalue weighted by Gasteiger charge is -2.04. The summed E-state index contributed by atoms with van der Waals surface area (Å²) in [4.78, 5) is 20.6. The molecule has 0 amide bonds. The van der Waals surface area contributed by atoms with E-state index in [0.29, 0.717) is 10.6 Å². The zero-order chi connectivity index (χ0) is 14.1. The molecule has 0 unspecified atom stereocenters. The lowest BCUT2D eigenvalue weighted by atomic mass is 10.0. The number of hydrogen-bond donors (Lipinski definition) is 0. The fourth-order valence-corrected chi connectivity index (χ4v) is 2.40. The van der Waals surface area contributed by atoms with E-state index in [0.717, 1.165) is 10.9 Å². The summed E-state index contributed by atoms with van der Waals surface area (Å²) in [5, 5.41) is 1.53. The van der Waals surface area contributed by atoms with Crippen LogP contribution >= 0.6 is 23.2 Å². The zero-order valence-electron chi connectivity index (χ0n) is 10.2. The van der Waals surface area contributed by atoms with Gasteiger partial charge in [0.1, 0.15) is 5.69 Å². The van der Waals surface area contributed by atoms with Crippen molar-refractivity contribution in [2.75, 3.05) is 0 Å². The smallest absolute Gasteiger partial charge is 0.212 e. The molecule has 0 aliphatic rings. The predicted molar refractivity (Wildman–Crippen MR) is 79.4 cm³/mol. The first-order chi connectivity index (χ1) is 9.65. The molecule has 98 valence electrons. The second kappa shape index (κ2) is 5.19. The summed E-state index contributed by atoms with van der Waals surface area (Å²) in [5.41, 5.74) is 1.54. The van der Waals surface area contributed by atoms with Crippen molar-refractivity contribution in [3.05, 3.63) is 70.1 Å². The lowest BCUT2D eigenvalue weighted by molar-refractivity contribution is 0.103. The summed E-state index contributed by atoms with van der Waals surface area (Å²) in [6.07, 6.45) is 3.12. The van der Waals surface area contributed by atoms with Crippen LogP contribution < -0.4 is 0 Å². The normalized spacial score (nSPS) is 10.7. The number of benzene rings is 1. The second-order valence-corrected chi connectivity index (χ2v) is 5.07. The summed E-state index contributed by atoms with van der Waals surface area (Å²) in [5.74, 6) is -0.239. The molecular weight excluding hydrogens is 295 g/mol. The van der Waals surface area contributed by atoms with E-state index in [2.05, 4.69) is 9.97 Å². The maximum Gasteiger partial charge on any atom is 0.212 e. The lowest BCUT2D eigenvalue weighted by Crippen LogP contribution is -2.05. The maximum atomic E-state index is 12.4. The van der Waals surface area contributed by atoms with Crippen molar-refractivity contribution < 1.29 is 4.79 Å². The van der Waals surface area contributed by atoms with Gasteiger partial charge in [0.2, 0.25) is 5.78 Å². The second-order valence-electron chi connectivity index (χ2n) is 4.22. The van der Waals surface area contributed by atoms with Crippen LogP contribution in [0.3, 0.4) is 0 Å². The van der Waals surface area contributed by atoms with Crippen LogP contribution in [-0.2, 0) is 0 Å². The van der Waals surface area contributed by atoms with Crippen molar-refractivity contribution in [3.8, 4) is 0 Å². The minimum atomic E-state index is -0.239. The third kappa shape index (κ3) is 2.38. The molecular formula is C15H8Cl2N2O. The number of hydrogen-bond acceptors (Lipinski definition) is 3. The van der Waals surface area contributed by atoms with Gasteiger partial charge in [-0.25, -0.2) is 4.98 Å². The topological polar surface area (TPSA) is 42.9 Å². The van der Waals surface area contributed by atoms with E-state index in [9.17, 15) is 4.79 Å². The van der Waals surface area contributed by atoms with E-state index >= 15 is 0 Å². The number of halogens is 2. The summed E-state index contributed by atoms with van der Waals surface area (Å²) < 4.78 is 0. The van der Waals surface area contributed by atoms with E-state index < -0.39 is 0 Å². The largest absolute Gasteiger partial charge is 0.287 e. The molecule has 0 saturated carbocycles. The maximum absolute atomic E-state index is 12.4. The highest BCUT2D eigenvalue weighted by Crippen LogP contribution is 2.22. The van der Waals surface area contributed by atoms with E-state index in [-0.39, 0.29) is 16.5 Å². The molecule has 5 heteroatoms. The number of rotatable bonds is 2. The van der Waals surface area contributed by atoms with Crippen molar-refractivity contribution in [1.82, 2.24) is 9.97 Å². The fourth-order valence-electron chi connectivity index (χ4n) is 1.94. The number of carbonyl (C=O) groups is 1. The van der Waals surface area contributed by atoms with Gasteiger partial charge >= 0.3 is 0 Å². The first-order valence-corrected chi connectivity index (χ1v) is 6.61. The molecule has 0 N–H and O–H groups in total. The van der Waals surface area contributed by atoms with Crippen LogP contribution in [0.2, 0.25) is 10.0 Å². The van der Waals surface area contributed by atoms with Crippen LogP contribution in [0.4, 0.5) is 0 Å². The molecule has 0 radical (unpaired) electrons. The molecule has 3 aromatic rings. The summed E-state index contributed by atoms with van der Waals surface area (Å²) >= 11 is 11.8. The molecule has 20 heavy (non-hydrogen) atoms. The van der Waals surface area contributed by atoms with Gasteiger partial charge in [0, 0.05) is 23.3 Å². The number of fused-ring (bicyclic) bond motifs is 1. The van der Waals surface area contributed by atoms with Crippen molar-refractivity contribution in [2.45, 2.75) is 0 Å². The number of aromatic nitrogens is 2. The molecule has 0 atom stereocenters.